The number of amides is 1. The largest absolute Gasteiger partial charge is 0.481 e. The van der Waals surface area contributed by atoms with Crippen molar-refractivity contribution in [1.82, 2.24) is 9.88 Å². The van der Waals surface area contributed by atoms with Crippen LogP contribution in [0, 0.1) is 5.92 Å². The molecule has 1 fully saturated rings. The maximum atomic E-state index is 12.2. The topological polar surface area (TPSA) is 70.5 Å². The van der Waals surface area contributed by atoms with Crippen LogP contribution in [0.1, 0.15) is 12.1 Å². The van der Waals surface area contributed by atoms with Crippen molar-refractivity contribution < 1.29 is 14.7 Å². The number of carboxylic acids is 1. The summed E-state index contributed by atoms with van der Waals surface area (Å²) in [5.74, 6) is -1.29. The van der Waals surface area contributed by atoms with Crippen molar-refractivity contribution in [2.45, 2.75) is 12.8 Å². The Hall–Kier alpha value is -1.73. The number of carbonyl (C=O) groups is 2. The molecule has 1 atom stereocenters. The Bertz CT molecular complexity index is 651. The summed E-state index contributed by atoms with van der Waals surface area (Å²) in [5, 5.41) is 13.8. The van der Waals surface area contributed by atoms with E-state index in [0.717, 1.165) is 15.6 Å². The van der Waals surface area contributed by atoms with Crippen LogP contribution in [-0.2, 0) is 16.0 Å². The highest BCUT2D eigenvalue weighted by atomic mass is 32.1. The van der Waals surface area contributed by atoms with E-state index in [-0.39, 0.29) is 12.3 Å². The second-order valence-corrected chi connectivity index (χ2v) is 6.77. The Morgan fingerprint density at radius 3 is 2.95 bits per heavy atom. The van der Waals surface area contributed by atoms with Gasteiger partial charge in [-0.15, -0.1) is 22.7 Å². The van der Waals surface area contributed by atoms with Gasteiger partial charge in [0.2, 0.25) is 5.91 Å². The van der Waals surface area contributed by atoms with E-state index < -0.39 is 11.9 Å². The van der Waals surface area contributed by atoms with Crippen LogP contribution in [0.15, 0.2) is 22.9 Å². The molecule has 2 aromatic rings. The molecule has 1 aliphatic heterocycles. The zero-order valence-electron chi connectivity index (χ0n) is 11.2. The molecule has 110 valence electrons. The van der Waals surface area contributed by atoms with Gasteiger partial charge in [-0.3, -0.25) is 9.59 Å². The second-order valence-electron chi connectivity index (χ2n) is 4.96. The normalized spacial score (nSPS) is 18.1. The first-order valence-electron chi connectivity index (χ1n) is 6.62. The highest BCUT2D eigenvalue weighted by Gasteiger charge is 2.30. The molecule has 2 aromatic heterocycles. The molecule has 0 radical (unpaired) electrons. The van der Waals surface area contributed by atoms with E-state index in [4.69, 9.17) is 5.11 Å². The molecule has 21 heavy (non-hydrogen) atoms. The van der Waals surface area contributed by atoms with Gasteiger partial charge < -0.3 is 10.0 Å². The summed E-state index contributed by atoms with van der Waals surface area (Å²) < 4.78 is 0. The minimum Gasteiger partial charge on any atom is -0.481 e. The molecule has 0 bridgehead atoms. The average molecular weight is 322 g/mol. The van der Waals surface area contributed by atoms with Crippen molar-refractivity contribution in [2.24, 2.45) is 5.92 Å². The van der Waals surface area contributed by atoms with Gasteiger partial charge in [-0.2, -0.15) is 0 Å². The van der Waals surface area contributed by atoms with Crippen LogP contribution in [0.25, 0.3) is 9.88 Å². The van der Waals surface area contributed by atoms with E-state index in [1.54, 1.807) is 16.2 Å². The van der Waals surface area contributed by atoms with Crippen LogP contribution < -0.4 is 0 Å². The predicted molar refractivity (Wildman–Crippen MR) is 81.5 cm³/mol. The number of hydrogen-bond donors (Lipinski definition) is 1. The molecule has 0 spiro atoms. The molecule has 3 rings (SSSR count). The summed E-state index contributed by atoms with van der Waals surface area (Å²) in [6.07, 6.45) is 0.785. The number of thiophene rings is 1. The van der Waals surface area contributed by atoms with Crippen molar-refractivity contribution in [2.75, 3.05) is 13.1 Å². The van der Waals surface area contributed by atoms with Crippen LogP contribution in [0.2, 0.25) is 0 Å². The van der Waals surface area contributed by atoms with Crippen molar-refractivity contribution in [3.05, 3.63) is 28.6 Å². The molecule has 1 unspecified atom stereocenters. The number of hydrogen-bond acceptors (Lipinski definition) is 5. The Morgan fingerprint density at radius 1 is 1.43 bits per heavy atom. The van der Waals surface area contributed by atoms with Gasteiger partial charge in [0.1, 0.15) is 5.01 Å². The third kappa shape index (κ3) is 3.14. The zero-order chi connectivity index (χ0) is 14.8. The van der Waals surface area contributed by atoms with Gasteiger partial charge in [-0.05, 0) is 17.9 Å². The molecule has 1 saturated heterocycles. The lowest BCUT2D eigenvalue weighted by molar-refractivity contribution is -0.141. The number of nitrogens with zero attached hydrogens (tertiary/aromatic N) is 2. The van der Waals surface area contributed by atoms with Gasteiger partial charge in [0, 0.05) is 18.5 Å². The Balaban J connectivity index is 1.62. The van der Waals surface area contributed by atoms with E-state index in [0.29, 0.717) is 19.5 Å². The van der Waals surface area contributed by atoms with E-state index in [9.17, 15) is 9.59 Å². The van der Waals surface area contributed by atoms with E-state index in [1.165, 1.54) is 11.3 Å². The number of carboxylic acid groups (broad SMARTS) is 1. The van der Waals surface area contributed by atoms with Crippen molar-refractivity contribution in [3.8, 4) is 9.88 Å². The number of aliphatic carboxylic acids is 1. The fraction of sp³-hybridized carbons (Fsp3) is 0.357. The van der Waals surface area contributed by atoms with Crippen LogP contribution in [-0.4, -0.2) is 40.0 Å². The molecule has 0 aliphatic carbocycles. The zero-order valence-corrected chi connectivity index (χ0v) is 12.8. The monoisotopic (exact) mass is 322 g/mol. The minimum atomic E-state index is -0.820. The number of likely N-dealkylation sites (tertiary alicyclic amines) is 1. The van der Waals surface area contributed by atoms with Gasteiger partial charge in [0.25, 0.3) is 0 Å². The fourth-order valence-electron chi connectivity index (χ4n) is 2.36. The van der Waals surface area contributed by atoms with Gasteiger partial charge in [-0.25, -0.2) is 4.98 Å². The number of thiazole rings is 1. The number of carbonyl (C=O) groups excluding carboxylic acids is 1. The van der Waals surface area contributed by atoms with Crippen molar-refractivity contribution in [1.29, 1.82) is 0 Å². The molecule has 7 heteroatoms. The van der Waals surface area contributed by atoms with Gasteiger partial charge >= 0.3 is 5.97 Å². The highest BCUT2D eigenvalue weighted by Crippen LogP contribution is 2.28. The molecule has 5 nitrogen and oxygen atoms in total. The fourth-order valence-corrected chi connectivity index (χ4v) is 3.99. The first kappa shape index (κ1) is 14.2. The molecule has 0 aromatic carbocycles. The number of aromatic nitrogens is 1. The number of rotatable bonds is 4. The third-order valence-electron chi connectivity index (χ3n) is 3.51. The lowest BCUT2D eigenvalue weighted by atomic mass is 10.1. The van der Waals surface area contributed by atoms with E-state index >= 15 is 0 Å². The van der Waals surface area contributed by atoms with Crippen molar-refractivity contribution in [3.63, 3.8) is 0 Å². The summed E-state index contributed by atoms with van der Waals surface area (Å²) in [5.41, 5.74) is 0.757. The molecule has 1 aliphatic rings. The lowest BCUT2D eigenvalue weighted by Crippen LogP contribution is -2.31. The molecule has 1 N–H and O–H groups in total. The summed E-state index contributed by atoms with van der Waals surface area (Å²) in [4.78, 5) is 30.3. The predicted octanol–water partition coefficient (Wildman–Crippen LogP) is 2.35. The van der Waals surface area contributed by atoms with Crippen LogP contribution in [0.3, 0.4) is 0 Å². The average Bonchev–Trinajstić information content (AvgIpc) is 3.19. The smallest absolute Gasteiger partial charge is 0.308 e. The Labute approximate surface area is 129 Å². The maximum Gasteiger partial charge on any atom is 0.308 e. The van der Waals surface area contributed by atoms with Crippen LogP contribution >= 0.6 is 22.7 Å². The summed E-state index contributed by atoms with van der Waals surface area (Å²) >= 11 is 3.16. The lowest BCUT2D eigenvalue weighted by Gasteiger charge is -2.14. The molecular weight excluding hydrogens is 308 g/mol. The molecule has 0 saturated carbocycles. The molecule has 1 amide bonds. The summed E-state index contributed by atoms with van der Waals surface area (Å²) in [6.45, 7) is 0.841. The van der Waals surface area contributed by atoms with Gasteiger partial charge in [0.05, 0.1) is 22.9 Å². The van der Waals surface area contributed by atoms with E-state index in [2.05, 4.69) is 4.98 Å². The first-order valence-corrected chi connectivity index (χ1v) is 8.38. The van der Waals surface area contributed by atoms with Crippen molar-refractivity contribution >= 4 is 34.6 Å². The molecular formula is C14H14N2O3S2. The maximum absolute atomic E-state index is 12.2. The van der Waals surface area contributed by atoms with Gasteiger partial charge in [-0.1, -0.05) is 6.07 Å². The Kier molecular flexibility index (Phi) is 4.03. The third-order valence-corrected chi connectivity index (χ3v) is 5.44. The quantitative estimate of drug-likeness (QED) is 0.938. The standard InChI is InChI=1S/C14H14N2O3S2/c17-12(16-4-3-9(7-16)14(18)19)6-10-8-21-13(15-10)11-2-1-5-20-11/h1-2,5,8-9H,3-4,6-7H2,(H,18,19). The Morgan fingerprint density at radius 2 is 2.29 bits per heavy atom. The van der Waals surface area contributed by atoms with E-state index in [1.807, 2.05) is 22.9 Å². The second kappa shape index (κ2) is 5.95. The highest BCUT2D eigenvalue weighted by molar-refractivity contribution is 7.20. The van der Waals surface area contributed by atoms with Crippen LogP contribution in [0.5, 0.6) is 0 Å². The van der Waals surface area contributed by atoms with Crippen LogP contribution in [0.4, 0.5) is 0 Å². The SMILES string of the molecule is O=C(O)C1CCN(C(=O)Cc2csc(-c3cccs3)n2)C1. The molecule has 3 heterocycles. The first-order chi connectivity index (χ1) is 10.1. The summed E-state index contributed by atoms with van der Waals surface area (Å²) in [7, 11) is 0. The summed E-state index contributed by atoms with van der Waals surface area (Å²) in [6, 6.07) is 3.98. The minimum absolute atomic E-state index is 0.0400. The van der Waals surface area contributed by atoms with Gasteiger partial charge in [0.15, 0.2) is 0 Å².